The molecule has 24 heavy (non-hydrogen) atoms. The van der Waals surface area contributed by atoms with E-state index in [4.69, 9.17) is 4.99 Å². The second kappa shape index (κ2) is 4.84. The van der Waals surface area contributed by atoms with Gasteiger partial charge in [-0.1, -0.05) is 6.07 Å². The SMILES string of the molecule is Cc1cccn2ncc(C3=NC(C)(C)C(=O)c4cc(F)ccc43)c12. The Morgan fingerprint density at radius 3 is 2.71 bits per heavy atom. The van der Waals surface area contributed by atoms with Crippen molar-refractivity contribution in [3.8, 4) is 0 Å². The number of nitrogens with zero attached hydrogens (tertiary/aromatic N) is 3. The zero-order valence-electron chi connectivity index (χ0n) is 13.7. The van der Waals surface area contributed by atoms with Crippen molar-refractivity contribution in [2.24, 2.45) is 4.99 Å². The molecule has 1 aliphatic rings. The second-order valence-corrected chi connectivity index (χ2v) is 6.58. The van der Waals surface area contributed by atoms with E-state index >= 15 is 0 Å². The lowest BCUT2D eigenvalue weighted by atomic mass is 9.84. The van der Waals surface area contributed by atoms with Gasteiger partial charge in [-0.15, -0.1) is 0 Å². The summed E-state index contributed by atoms with van der Waals surface area (Å²) >= 11 is 0. The van der Waals surface area contributed by atoms with Crippen LogP contribution in [0.1, 0.15) is 40.9 Å². The minimum absolute atomic E-state index is 0.172. The highest BCUT2D eigenvalue weighted by Crippen LogP contribution is 2.31. The van der Waals surface area contributed by atoms with Crippen LogP contribution < -0.4 is 0 Å². The van der Waals surface area contributed by atoms with E-state index in [9.17, 15) is 9.18 Å². The third kappa shape index (κ3) is 2.01. The number of aromatic nitrogens is 2. The van der Waals surface area contributed by atoms with Gasteiger partial charge in [0.05, 0.1) is 17.4 Å². The lowest BCUT2D eigenvalue weighted by Crippen LogP contribution is -2.36. The van der Waals surface area contributed by atoms with E-state index < -0.39 is 11.4 Å². The minimum Gasteiger partial charge on any atom is -0.291 e. The number of carbonyl (C=O) groups is 1. The minimum atomic E-state index is -0.937. The normalized spacial score (nSPS) is 16.2. The molecule has 0 saturated carbocycles. The summed E-state index contributed by atoms with van der Waals surface area (Å²) in [6.45, 7) is 5.51. The van der Waals surface area contributed by atoms with E-state index in [0.717, 1.165) is 16.6 Å². The van der Waals surface area contributed by atoms with E-state index in [1.807, 2.05) is 25.3 Å². The molecule has 3 heterocycles. The first-order valence-electron chi connectivity index (χ1n) is 7.76. The van der Waals surface area contributed by atoms with Crippen LogP contribution in [0, 0.1) is 12.7 Å². The zero-order chi connectivity index (χ0) is 17.1. The predicted molar refractivity (Wildman–Crippen MR) is 90.4 cm³/mol. The number of aliphatic imine (C=N–C) groups is 1. The summed E-state index contributed by atoms with van der Waals surface area (Å²) in [6, 6.07) is 8.22. The standard InChI is InChI=1S/C19H16FN3O/c1-11-5-4-8-23-17(11)15(10-21-23)16-13-7-6-12(20)9-14(13)18(24)19(2,3)22-16/h4-10H,1-3H3. The molecular formula is C19H16FN3O. The van der Waals surface area contributed by atoms with Gasteiger partial charge in [0.1, 0.15) is 11.4 Å². The third-order valence-electron chi connectivity index (χ3n) is 4.43. The van der Waals surface area contributed by atoms with Crippen molar-refractivity contribution < 1.29 is 9.18 Å². The molecule has 0 aliphatic carbocycles. The Labute approximate surface area is 138 Å². The number of carbonyl (C=O) groups excluding carboxylic acids is 1. The maximum Gasteiger partial charge on any atom is 0.190 e. The molecule has 0 fully saturated rings. The first kappa shape index (κ1) is 14.8. The van der Waals surface area contributed by atoms with Gasteiger partial charge in [0, 0.05) is 22.9 Å². The lowest BCUT2D eigenvalue weighted by molar-refractivity contribution is 0.0912. The average molecular weight is 321 g/mol. The van der Waals surface area contributed by atoms with Crippen molar-refractivity contribution in [1.29, 1.82) is 0 Å². The van der Waals surface area contributed by atoms with Gasteiger partial charge >= 0.3 is 0 Å². The van der Waals surface area contributed by atoms with Crippen molar-refractivity contribution in [3.63, 3.8) is 0 Å². The molecule has 0 radical (unpaired) electrons. The molecule has 0 bridgehead atoms. The summed E-state index contributed by atoms with van der Waals surface area (Å²) in [5.74, 6) is -0.593. The molecule has 0 amide bonds. The van der Waals surface area contributed by atoms with Crippen LogP contribution in [0.4, 0.5) is 4.39 Å². The first-order chi connectivity index (χ1) is 11.4. The number of ketones is 1. The van der Waals surface area contributed by atoms with Crippen molar-refractivity contribution in [2.75, 3.05) is 0 Å². The number of rotatable bonds is 1. The monoisotopic (exact) mass is 321 g/mol. The summed E-state index contributed by atoms with van der Waals surface area (Å²) in [4.78, 5) is 17.3. The van der Waals surface area contributed by atoms with Gasteiger partial charge < -0.3 is 0 Å². The molecule has 4 nitrogen and oxygen atoms in total. The van der Waals surface area contributed by atoms with Crippen LogP contribution >= 0.6 is 0 Å². The first-order valence-corrected chi connectivity index (χ1v) is 7.76. The Morgan fingerprint density at radius 2 is 1.92 bits per heavy atom. The highest BCUT2D eigenvalue weighted by Gasteiger charge is 2.36. The van der Waals surface area contributed by atoms with Crippen LogP contribution in [0.5, 0.6) is 0 Å². The Morgan fingerprint density at radius 1 is 1.12 bits per heavy atom. The molecule has 2 aromatic heterocycles. The van der Waals surface area contributed by atoms with E-state index in [-0.39, 0.29) is 5.78 Å². The number of fused-ring (bicyclic) bond motifs is 2. The van der Waals surface area contributed by atoms with Crippen molar-refractivity contribution >= 4 is 17.0 Å². The molecule has 0 spiro atoms. The molecule has 1 aliphatic heterocycles. The molecule has 0 saturated heterocycles. The number of pyridine rings is 1. The molecule has 120 valence electrons. The molecule has 4 rings (SSSR count). The Kier molecular flexibility index (Phi) is 2.97. The summed E-state index contributed by atoms with van der Waals surface area (Å²) in [7, 11) is 0. The van der Waals surface area contributed by atoms with Crippen molar-refractivity contribution in [1.82, 2.24) is 9.61 Å². The number of halogens is 1. The second-order valence-electron chi connectivity index (χ2n) is 6.58. The van der Waals surface area contributed by atoms with Gasteiger partial charge in [-0.05, 0) is 50.6 Å². The quantitative estimate of drug-likeness (QED) is 0.687. The van der Waals surface area contributed by atoms with E-state index in [0.29, 0.717) is 16.8 Å². The average Bonchev–Trinajstić information content (AvgIpc) is 2.96. The maximum atomic E-state index is 13.7. The van der Waals surface area contributed by atoms with Crippen LogP contribution in [0.3, 0.4) is 0 Å². The number of aryl methyl sites for hydroxylation is 1. The fourth-order valence-corrected chi connectivity index (χ4v) is 3.23. The van der Waals surface area contributed by atoms with E-state index in [1.165, 1.54) is 12.1 Å². The fourth-order valence-electron chi connectivity index (χ4n) is 3.23. The zero-order valence-corrected chi connectivity index (χ0v) is 13.7. The van der Waals surface area contributed by atoms with E-state index in [2.05, 4.69) is 5.10 Å². The maximum absolute atomic E-state index is 13.7. The fraction of sp³-hybridized carbons (Fsp3) is 0.211. The van der Waals surface area contributed by atoms with Crippen molar-refractivity contribution in [2.45, 2.75) is 26.3 Å². The number of Topliss-reactive ketones (excluding diaryl/α,β-unsaturated/α-hetero) is 1. The Bertz CT molecular complexity index is 1030. The highest BCUT2D eigenvalue weighted by atomic mass is 19.1. The van der Waals surface area contributed by atoms with Crippen LogP contribution in [0.25, 0.3) is 5.52 Å². The molecule has 1 aromatic carbocycles. The Hall–Kier alpha value is -2.82. The highest BCUT2D eigenvalue weighted by molar-refractivity contribution is 6.25. The van der Waals surface area contributed by atoms with Crippen molar-refractivity contribution in [3.05, 3.63) is 70.8 Å². The summed E-state index contributed by atoms with van der Waals surface area (Å²) in [5, 5.41) is 4.39. The molecule has 5 heteroatoms. The van der Waals surface area contributed by atoms with Crippen LogP contribution in [0.2, 0.25) is 0 Å². The Balaban J connectivity index is 2.05. The van der Waals surface area contributed by atoms with Gasteiger partial charge in [-0.25, -0.2) is 8.91 Å². The van der Waals surface area contributed by atoms with Crippen LogP contribution in [-0.4, -0.2) is 26.6 Å². The summed E-state index contributed by atoms with van der Waals surface area (Å²) in [6.07, 6.45) is 3.62. The summed E-state index contributed by atoms with van der Waals surface area (Å²) in [5.41, 5.74) is 3.62. The van der Waals surface area contributed by atoms with Gasteiger partial charge in [0.25, 0.3) is 0 Å². The topological polar surface area (TPSA) is 46.7 Å². The molecule has 0 N–H and O–H groups in total. The molecule has 3 aromatic rings. The predicted octanol–water partition coefficient (Wildman–Crippen LogP) is 3.59. The van der Waals surface area contributed by atoms with Crippen LogP contribution in [-0.2, 0) is 0 Å². The van der Waals surface area contributed by atoms with Gasteiger partial charge in [0.2, 0.25) is 0 Å². The molecule has 0 atom stereocenters. The molecular weight excluding hydrogens is 305 g/mol. The smallest absolute Gasteiger partial charge is 0.190 e. The van der Waals surface area contributed by atoms with Gasteiger partial charge in [-0.3, -0.25) is 9.79 Å². The number of hydrogen-bond acceptors (Lipinski definition) is 3. The summed E-state index contributed by atoms with van der Waals surface area (Å²) < 4.78 is 15.5. The number of benzene rings is 1. The van der Waals surface area contributed by atoms with Gasteiger partial charge in [-0.2, -0.15) is 5.10 Å². The lowest BCUT2D eigenvalue weighted by Gasteiger charge is -2.27. The number of hydrogen-bond donors (Lipinski definition) is 0. The van der Waals surface area contributed by atoms with Crippen LogP contribution in [0.15, 0.2) is 47.7 Å². The molecule has 0 unspecified atom stereocenters. The van der Waals surface area contributed by atoms with Gasteiger partial charge in [0.15, 0.2) is 5.78 Å². The van der Waals surface area contributed by atoms with E-state index in [1.54, 1.807) is 30.6 Å². The third-order valence-corrected chi connectivity index (χ3v) is 4.43. The largest absolute Gasteiger partial charge is 0.291 e.